The molecule has 0 aliphatic carbocycles. The van der Waals surface area contributed by atoms with E-state index < -0.39 is 6.04 Å². The van der Waals surface area contributed by atoms with Gasteiger partial charge in [0.15, 0.2) is 0 Å². The van der Waals surface area contributed by atoms with Gasteiger partial charge in [-0.15, -0.1) is 0 Å². The van der Waals surface area contributed by atoms with Crippen molar-refractivity contribution in [2.24, 2.45) is 0 Å². The zero-order valence-corrected chi connectivity index (χ0v) is 22.7. The summed E-state index contributed by atoms with van der Waals surface area (Å²) in [7, 11) is 3.22. The van der Waals surface area contributed by atoms with Crippen LogP contribution in [0.15, 0.2) is 103 Å². The Labute approximate surface area is 234 Å². The van der Waals surface area contributed by atoms with Gasteiger partial charge in [0.1, 0.15) is 17.5 Å². The van der Waals surface area contributed by atoms with Crippen LogP contribution in [0.5, 0.6) is 11.5 Å². The van der Waals surface area contributed by atoms with Crippen molar-refractivity contribution in [2.45, 2.75) is 25.6 Å². The van der Waals surface area contributed by atoms with Gasteiger partial charge in [-0.3, -0.25) is 9.59 Å². The molecular weight excluding hydrogens is 512 g/mol. The van der Waals surface area contributed by atoms with Crippen LogP contribution >= 0.6 is 11.6 Å². The first-order valence-electron chi connectivity index (χ1n) is 12.6. The van der Waals surface area contributed by atoms with Gasteiger partial charge in [0, 0.05) is 18.1 Å². The summed E-state index contributed by atoms with van der Waals surface area (Å²) in [6, 6.07) is 30.7. The number of methoxy groups -OCH3 is 2. The highest BCUT2D eigenvalue weighted by Crippen LogP contribution is 2.26. The zero-order chi connectivity index (χ0) is 27.6. The van der Waals surface area contributed by atoms with Crippen molar-refractivity contribution in [1.29, 1.82) is 0 Å². The summed E-state index contributed by atoms with van der Waals surface area (Å²) in [6.07, 6.45) is 0.127. The molecule has 1 atom stereocenters. The lowest BCUT2D eigenvalue weighted by atomic mass is 10.0. The first kappa shape index (κ1) is 27.7. The number of nitrogens with zero attached hydrogens (tertiary/aromatic N) is 1. The Morgan fingerprint density at radius 2 is 1.28 bits per heavy atom. The number of halogens is 1. The minimum Gasteiger partial charge on any atom is -0.497 e. The molecule has 7 heteroatoms. The van der Waals surface area contributed by atoms with E-state index in [2.05, 4.69) is 5.32 Å². The number of nitrogens with one attached hydrogen (secondary N) is 1. The second-order valence-electron chi connectivity index (χ2n) is 9.05. The molecule has 1 N–H and O–H groups in total. The number of hydrogen-bond acceptors (Lipinski definition) is 4. The molecule has 6 nitrogen and oxygen atoms in total. The van der Waals surface area contributed by atoms with E-state index >= 15 is 0 Å². The van der Waals surface area contributed by atoms with Crippen molar-refractivity contribution >= 4 is 23.4 Å². The molecule has 4 aromatic rings. The van der Waals surface area contributed by atoms with Gasteiger partial charge >= 0.3 is 0 Å². The lowest BCUT2D eigenvalue weighted by Crippen LogP contribution is -2.43. The lowest BCUT2D eigenvalue weighted by molar-refractivity contribution is -0.141. The molecule has 0 aromatic heterocycles. The molecule has 4 rings (SSSR count). The number of benzene rings is 4. The van der Waals surface area contributed by atoms with Gasteiger partial charge in [-0.2, -0.15) is 0 Å². The van der Waals surface area contributed by atoms with Crippen LogP contribution < -0.4 is 14.8 Å². The first-order chi connectivity index (χ1) is 19.0. The molecule has 0 aliphatic rings. The maximum Gasteiger partial charge on any atom is 0.247 e. The number of carbonyl (C=O) groups excluding carboxylic acids is 2. The Kier molecular flexibility index (Phi) is 9.59. The number of carbonyl (C=O) groups is 2. The van der Waals surface area contributed by atoms with Crippen molar-refractivity contribution < 1.29 is 19.1 Å². The van der Waals surface area contributed by atoms with Gasteiger partial charge in [0.25, 0.3) is 0 Å². The van der Waals surface area contributed by atoms with Gasteiger partial charge in [-0.1, -0.05) is 78.3 Å². The normalized spacial score (nSPS) is 11.4. The van der Waals surface area contributed by atoms with Gasteiger partial charge in [0.2, 0.25) is 11.8 Å². The lowest BCUT2D eigenvalue weighted by Gasteiger charge is -2.32. The molecule has 2 amide bonds. The molecule has 0 fully saturated rings. The third kappa shape index (κ3) is 7.62. The SMILES string of the molecule is COc1ccc(CNC(=O)C(c2ccccc2)N(Cc2ccc(OC)cc2)C(=O)Cc2ccc(Cl)cc2)cc1. The summed E-state index contributed by atoms with van der Waals surface area (Å²) in [5.41, 5.74) is 3.34. The maximum atomic E-state index is 13.9. The fraction of sp³-hybridized carbons (Fsp3) is 0.188. The van der Waals surface area contributed by atoms with Crippen LogP contribution in [-0.2, 0) is 29.1 Å². The molecule has 0 bridgehead atoms. The fourth-order valence-electron chi connectivity index (χ4n) is 4.27. The molecule has 1 unspecified atom stereocenters. The molecule has 0 heterocycles. The van der Waals surface area contributed by atoms with Crippen LogP contribution in [0.25, 0.3) is 0 Å². The second-order valence-corrected chi connectivity index (χ2v) is 9.49. The Hall–Kier alpha value is -4.29. The number of amides is 2. The molecule has 0 saturated carbocycles. The van der Waals surface area contributed by atoms with E-state index in [-0.39, 0.29) is 24.8 Å². The third-order valence-electron chi connectivity index (χ3n) is 6.40. The minimum absolute atomic E-state index is 0.127. The molecule has 39 heavy (non-hydrogen) atoms. The Balaban J connectivity index is 1.65. The monoisotopic (exact) mass is 542 g/mol. The van der Waals surface area contributed by atoms with E-state index in [1.165, 1.54) is 0 Å². The minimum atomic E-state index is -0.841. The predicted octanol–water partition coefficient (Wildman–Crippen LogP) is 5.99. The predicted molar refractivity (Wildman–Crippen MR) is 153 cm³/mol. The summed E-state index contributed by atoms with van der Waals surface area (Å²) >= 11 is 6.05. The van der Waals surface area contributed by atoms with E-state index in [4.69, 9.17) is 21.1 Å². The third-order valence-corrected chi connectivity index (χ3v) is 6.65. The number of rotatable bonds is 11. The van der Waals surface area contributed by atoms with Crippen LogP contribution in [0.1, 0.15) is 28.3 Å². The number of ether oxygens (including phenoxy) is 2. The van der Waals surface area contributed by atoms with E-state index in [0.717, 1.165) is 33.8 Å². The van der Waals surface area contributed by atoms with Crippen LogP contribution in [0.4, 0.5) is 0 Å². The highest BCUT2D eigenvalue weighted by Gasteiger charge is 2.31. The van der Waals surface area contributed by atoms with Crippen molar-refractivity contribution in [3.8, 4) is 11.5 Å². The Morgan fingerprint density at radius 1 is 0.744 bits per heavy atom. The quantitative estimate of drug-likeness (QED) is 0.253. The summed E-state index contributed by atoms with van der Waals surface area (Å²) in [5, 5.41) is 3.63. The highest BCUT2D eigenvalue weighted by atomic mass is 35.5. The fourth-order valence-corrected chi connectivity index (χ4v) is 4.39. The van der Waals surface area contributed by atoms with Crippen molar-refractivity contribution in [1.82, 2.24) is 10.2 Å². The van der Waals surface area contributed by atoms with Crippen molar-refractivity contribution in [3.05, 3.63) is 130 Å². The largest absolute Gasteiger partial charge is 0.497 e. The van der Waals surface area contributed by atoms with Crippen LogP contribution in [0, 0.1) is 0 Å². The van der Waals surface area contributed by atoms with Crippen LogP contribution in [0.3, 0.4) is 0 Å². The molecule has 0 saturated heterocycles. The first-order valence-corrected chi connectivity index (χ1v) is 13.0. The topological polar surface area (TPSA) is 67.9 Å². The summed E-state index contributed by atoms with van der Waals surface area (Å²) in [5.74, 6) is 1.01. The van der Waals surface area contributed by atoms with E-state index in [9.17, 15) is 9.59 Å². The number of hydrogen-bond donors (Lipinski definition) is 1. The molecule has 0 spiro atoms. The Morgan fingerprint density at radius 3 is 1.85 bits per heavy atom. The molecule has 200 valence electrons. The average Bonchev–Trinajstić information content (AvgIpc) is 2.98. The van der Waals surface area contributed by atoms with Crippen molar-refractivity contribution in [2.75, 3.05) is 14.2 Å². The molecule has 0 radical (unpaired) electrons. The van der Waals surface area contributed by atoms with E-state index in [1.807, 2.05) is 91.0 Å². The van der Waals surface area contributed by atoms with Crippen LogP contribution in [0.2, 0.25) is 5.02 Å². The summed E-state index contributed by atoms with van der Waals surface area (Å²) in [6.45, 7) is 0.555. The average molecular weight is 543 g/mol. The standard InChI is InChI=1S/C32H31ClN2O4/c1-38-28-16-10-24(11-17-28)21-34-32(37)31(26-6-4-3-5-7-26)35(22-25-12-18-29(39-2)19-13-25)30(36)20-23-8-14-27(33)15-9-23/h3-19,31H,20-22H2,1-2H3,(H,34,37). The smallest absolute Gasteiger partial charge is 0.247 e. The van der Waals surface area contributed by atoms with E-state index in [1.54, 1.807) is 31.3 Å². The summed E-state index contributed by atoms with van der Waals surface area (Å²) in [4.78, 5) is 29.3. The van der Waals surface area contributed by atoms with Gasteiger partial charge in [0.05, 0.1) is 20.6 Å². The summed E-state index contributed by atoms with van der Waals surface area (Å²) < 4.78 is 10.5. The molecule has 0 aliphatic heterocycles. The van der Waals surface area contributed by atoms with E-state index in [0.29, 0.717) is 11.6 Å². The highest BCUT2D eigenvalue weighted by molar-refractivity contribution is 6.30. The molecular formula is C32H31ClN2O4. The molecule has 4 aromatic carbocycles. The maximum absolute atomic E-state index is 13.9. The zero-order valence-electron chi connectivity index (χ0n) is 22.0. The van der Waals surface area contributed by atoms with Gasteiger partial charge in [-0.05, 0) is 58.7 Å². The second kappa shape index (κ2) is 13.5. The Bertz CT molecular complexity index is 1360. The van der Waals surface area contributed by atoms with Gasteiger partial charge in [-0.25, -0.2) is 0 Å². The van der Waals surface area contributed by atoms with Crippen LogP contribution in [-0.4, -0.2) is 30.9 Å². The van der Waals surface area contributed by atoms with Gasteiger partial charge < -0.3 is 19.7 Å². The van der Waals surface area contributed by atoms with Crippen molar-refractivity contribution in [3.63, 3.8) is 0 Å².